The summed E-state index contributed by atoms with van der Waals surface area (Å²) in [5.41, 5.74) is 5.01. The molecule has 2 aromatic carbocycles. The van der Waals surface area contributed by atoms with Gasteiger partial charge in [0.2, 0.25) is 0 Å². The average molecular weight is 351 g/mol. The minimum Gasteiger partial charge on any atom is -0.378 e. The Balaban J connectivity index is 2.02. The Morgan fingerprint density at radius 3 is 2.15 bits per heavy atom. The Labute approximate surface area is 156 Å². The van der Waals surface area contributed by atoms with Crippen LogP contribution in [0.15, 0.2) is 54.9 Å². The summed E-state index contributed by atoms with van der Waals surface area (Å²) < 4.78 is 0. The summed E-state index contributed by atoms with van der Waals surface area (Å²) >= 11 is 0. The van der Waals surface area contributed by atoms with Crippen LogP contribution >= 0.6 is 0 Å². The fraction of sp³-hybridized carbons (Fsp3) is 0.318. The number of benzene rings is 2. The Hall–Kier alpha value is -2.75. The molecule has 2 N–H and O–H groups in total. The predicted octanol–water partition coefficient (Wildman–Crippen LogP) is 4.67. The van der Waals surface area contributed by atoms with E-state index in [9.17, 15) is 4.79 Å². The van der Waals surface area contributed by atoms with Crippen molar-refractivity contribution < 1.29 is 4.79 Å². The SMILES string of the molecule is C=C(NC(=O)c1ccc(C(C)(C)C)cc1)Nc1ccc(N(C)C)cc1C. The monoisotopic (exact) mass is 351 g/mol. The van der Waals surface area contributed by atoms with Crippen LogP contribution in [0.2, 0.25) is 0 Å². The van der Waals surface area contributed by atoms with Gasteiger partial charge in [-0.25, -0.2) is 0 Å². The number of anilines is 2. The van der Waals surface area contributed by atoms with E-state index >= 15 is 0 Å². The van der Waals surface area contributed by atoms with Crippen molar-refractivity contribution in [3.05, 3.63) is 71.6 Å². The molecule has 138 valence electrons. The van der Waals surface area contributed by atoms with Crippen LogP contribution in [0, 0.1) is 6.92 Å². The summed E-state index contributed by atoms with van der Waals surface area (Å²) in [5.74, 6) is 0.279. The van der Waals surface area contributed by atoms with Crippen molar-refractivity contribution in [2.75, 3.05) is 24.3 Å². The highest BCUT2D eigenvalue weighted by molar-refractivity contribution is 5.95. The van der Waals surface area contributed by atoms with Gasteiger partial charge in [-0.1, -0.05) is 39.5 Å². The number of carbonyl (C=O) groups excluding carboxylic acids is 1. The largest absolute Gasteiger partial charge is 0.378 e. The molecule has 0 unspecified atom stereocenters. The fourth-order valence-corrected chi connectivity index (χ4v) is 2.59. The molecule has 26 heavy (non-hydrogen) atoms. The van der Waals surface area contributed by atoms with Gasteiger partial charge in [-0.2, -0.15) is 0 Å². The Bertz CT molecular complexity index is 799. The molecule has 0 aromatic heterocycles. The van der Waals surface area contributed by atoms with Crippen LogP contribution in [0.1, 0.15) is 42.3 Å². The van der Waals surface area contributed by atoms with Gasteiger partial charge in [0.05, 0.1) is 0 Å². The maximum atomic E-state index is 12.4. The summed E-state index contributed by atoms with van der Waals surface area (Å²) in [6.07, 6.45) is 0. The first-order valence-corrected chi connectivity index (χ1v) is 8.74. The highest BCUT2D eigenvalue weighted by Gasteiger charge is 2.14. The summed E-state index contributed by atoms with van der Waals surface area (Å²) in [6, 6.07) is 13.8. The predicted molar refractivity (Wildman–Crippen MR) is 111 cm³/mol. The van der Waals surface area contributed by atoms with Gasteiger partial charge in [-0.05, 0) is 53.8 Å². The normalized spacial score (nSPS) is 11.0. The van der Waals surface area contributed by atoms with E-state index in [0.717, 1.165) is 16.9 Å². The van der Waals surface area contributed by atoms with Gasteiger partial charge in [-0.3, -0.25) is 4.79 Å². The van der Waals surface area contributed by atoms with Crippen LogP contribution in [-0.4, -0.2) is 20.0 Å². The van der Waals surface area contributed by atoms with E-state index < -0.39 is 0 Å². The van der Waals surface area contributed by atoms with Crippen molar-refractivity contribution >= 4 is 17.3 Å². The smallest absolute Gasteiger partial charge is 0.256 e. The Kier molecular flexibility index (Phi) is 5.76. The van der Waals surface area contributed by atoms with E-state index in [1.165, 1.54) is 5.56 Å². The molecule has 2 rings (SSSR count). The van der Waals surface area contributed by atoms with Gasteiger partial charge >= 0.3 is 0 Å². The zero-order chi connectivity index (χ0) is 19.5. The highest BCUT2D eigenvalue weighted by Crippen LogP contribution is 2.23. The lowest BCUT2D eigenvalue weighted by Gasteiger charge is -2.19. The first-order valence-electron chi connectivity index (χ1n) is 8.74. The summed E-state index contributed by atoms with van der Waals surface area (Å²) in [5, 5.41) is 5.98. The molecular weight excluding hydrogens is 322 g/mol. The van der Waals surface area contributed by atoms with E-state index in [0.29, 0.717) is 11.4 Å². The van der Waals surface area contributed by atoms with Crippen molar-refractivity contribution in [3.63, 3.8) is 0 Å². The third-order valence-corrected chi connectivity index (χ3v) is 4.29. The molecule has 1 amide bonds. The van der Waals surface area contributed by atoms with Crippen LogP contribution in [0.5, 0.6) is 0 Å². The number of amides is 1. The fourth-order valence-electron chi connectivity index (χ4n) is 2.59. The van der Waals surface area contributed by atoms with Crippen molar-refractivity contribution in [2.45, 2.75) is 33.1 Å². The molecule has 0 radical (unpaired) electrons. The summed E-state index contributed by atoms with van der Waals surface area (Å²) in [6.45, 7) is 12.4. The molecule has 4 heteroatoms. The van der Waals surface area contributed by atoms with Crippen LogP contribution in [-0.2, 0) is 5.41 Å². The third kappa shape index (κ3) is 4.88. The van der Waals surface area contributed by atoms with E-state index in [4.69, 9.17) is 0 Å². The minimum atomic E-state index is -0.175. The van der Waals surface area contributed by atoms with Gasteiger partial charge in [-0.15, -0.1) is 0 Å². The average Bonchev–Trinajstić information content (AvgIpc) is 2.55. The lowest BCUT2D eigenvalue weighted by Crippen LogP contribution is -2.26. The van der Waals surface area contributed by atoms with Gasteiger partial charge in [0.15, 0.2) is 0 Å². The molecular formula is C22H29N3O. The van der Waals surface area contributed by atoms with E-state index in [-0.39, 0.29) is 11.3 Å². The topological polar surface area (TPSA) is 44.4 Å². The molecule has 0 atom stereocenters. The molecule has 4 nitrogen and oxygen atoms in total. The first kappa shape index (κ1) is 19.6. The van der Waals surface area contributed by atoms with Gasteiger partial charge < -0.3 is 15.5 Å². The quantitative estimate of drug-likeness (QED) is 0.823. The standard InChI is InChI=1S/C22H29N3O/c1-15-14-19(25(6)7)12-13-20(15)23-16(2)24-21(26)17-8-10-18(11-9-17)22(3,4)5/h8-14,23H,2H2,1,3-7H3,(H,24,26). The number of nitrogens with zero attached hydrogens (tertiary/aromatic N) is 1. The van der Waals surface area contributed by atoms with Crippen molar-refractivity contribution in [2.24, 2.45) is 0 Å². The Morgan fingerprint density at radius 1 is 1.04 bits per heavy atom. The number of rotatable bonds is 5. The van der Waals surface area contributed by atoms with Crippen LogP contribution in [0.3, 0.4) is 0 Å². The van der Waals surface area contributed by atoms with Crippen LogP contribution in [0.25, 0.3) is 0 Å². The number of hydrogen-bond acceptors (Lipinski definition) is 3. The van der Waals surface area contributed by atoms with Crippen molar-refractivity contribution in [3.8, 4) is 0 Å². The minimum absolute atomic E-state index is 0.0659. The maximum absolute atomic E-state index is 12.4. The second-order valence-electron chi connectivity index (χ2n) is 7.78. The maximum Gasteiger partial charge on any atom is 0.256 e. The molecule has 0 aliphatic rings. The summed E-state index contributed by atoms with van der Waals surface area (Å²) in [7, 11) is 4.01. The van der Waals surface area contributed by atoms with Crippen molar-refractivity contribution in [1.82, 2.24) is 5.32 Å². The highest BCUT2D eigenvalue weighted by atomic mass is 16.1. The molecule has 0 spiro atoms. The molecule has 2 aromatic rings. The zero-order valence-corrected chi connectivity index (χ0v) is 16.6. The second-order valence-corrected chi connectivity index (χ2v) is 7.78. The van der Waals surface area contributed by atoms with E-state index in [1.54, 1.807) is 0 Å². The molecule has 0 aliphatic heterocycles. The molecule has 0 saturated heterocycles. The number of aryl methyl sites for hydroxylation is 1. The molecule has 0 fully saturated rings. The van der Waals surface area contributed by atoms with Crippen LogP contribution < -0.4 is 15.5 Å². The number of nitrogens with one attached hydrogen (secondary N) is 2. The lowest BCUT2D eigenvalue weighted by atomic mass is 9.87. The van der Waals surface area contributed by atoms with Gasteiger partial charge in [0.25, 0.3) is 5.91 Å². The molecule has 0 bridgehead atoms. The van der Waals surface area contributed by atoms with Crippen molar-refractivity contribution in [1.29, 1.82) is 0 Å². The van der Waals surface area contributed by atoms with Gasteiger partial charge in [0, 0.05) is 31.0 Å². The van der Waals surface area contributed by atoms with Crippen LogP contribution in [0.4, 0.5) is 11.4 Å². The number of carbonyl (C=O) groups is 1. The first-order chi connectivity index (χ1) is 12.1. The molecule has 0 aliphatic carbocycles. The lowest BCUT2D eigenvalue weighted by molar-refractivity contribution is 0.0966. The summed E-state index contributed by atoms with van der Waals surface area (Å²) in [4.78, 5) is 14.5. The number of hydrogen-bond donors (Lipinski definition) is 2. The zero-order valence-electron chi connectivity index (χ0n) is 16.6. The van der Waals surface area contributed by atoms with E-state index in [2.05, 4.69) is 49.0 Å². The van der Waals surface area contributed by atoms with Gasteiger partial charge in [0.1, 0.15) is 5.82 Å². The second kappa shape index (κ2) is 7.65. The molecule has 0 heterocycles. The Morgan fingerprint density at radius 2 is 1.65 bits per heavy atom. The molecule has 0 saturated carbocycles. The third-order valence-electron chi connectivity index (χ3n) is 4.29. The van der Waals surface area contributed by atoms with E-state index in [1.807, 2.05) is 57.4 Å².